The third kappa shape index (κ3) is 3.77. The predicted octanol–water partition coefficient (Wildman–Crippen LogP) is 3.79. The van der Waals surface area contributed by atoms with Crippen molar-refractivity contribution in [1.29, 1.82) is 0 Å². The van der Waals surface area contributed by atoms with E-state index in [1.165, 1.54) is 0 Å². The van der Waals surface area contributed by atoms with Crippen LogP contribution in [0.5, 0.6) is 0 Å². The number of nitrogens with zero attached hydrogens (tertiary/aromatic N) is 5. The second-order valence-electron chi connectivity index (χ2n) is 7.74. The quantitative estimate of drug-likeness (QED) is 0.657. The fourth-order valence-electron chi connectivity index (χ4n) is 4.01. The summed E-state index contributed by atoms with van der Waals surface area (Å²) in [5.41, 5.74) is 1.48. The first-order valence-corrected chi connectivity index (χ1v) is 12.3. The fraction of sp³-hybridized carbons (Fsp3) is 0.450. The van der Waals surface area contributed by atoms with E-state index in [1.807, 2.05) is 18.2 Å². The molecule has 30 heavy (non-hydrogen) atoms. The van der Waals surface area contributed by atoms with E-state index in [9.17, 15) is 4.21 Å². The van der Waals surface area contributed by atoms with Crippen LogP contribution in [0.3, 0.4) is 0 Å². The van der Waals surface area contributed by atoms with Crippen LogP contribution in [-0.2, 0) is 14.5 Å². The van der Waals surface area contributed by atoms with Crippen molar-refractivity contribution < 1.29 is 8.95 Å². The van der Waals surface area contributed by atoms with Crippen molar-refractivity contribution in [1.82, 2.24) is 19.9 Å². The summed E-state index contributed by atoms with van der Waals surface area (Å²) in [6, 6.07) is 5.71. The molecule has 2 fully saturated rings. The normalized spacial score (nSPS) is 21.3. The van der Waals surface area contributed by atoms with E-state index in [1.54, 1.807) is 6.20 Å². The maximum atomic E-state index is 13.1. The summed E-state index contributed by atoms with van der Waals surface area (Å²) in [5, 5.41) is 1.34. The molecule has 1 N–H and O–H groups in total. The van der Waals surface area contributed by atoms with Gasteiger partial charge in [0, 0.05) is 41.3 Å². The van der Waals surface area contributed by atoms with Crippen molar-refractivity contribution in [3.8, 4) is 11.4 Å². The average molecular weight is 447 g/mol. The predicted molar refractivity (Wildman–Crippen MR) is 119 cm³/mol. The Morgan fingerprint density at radius 1 is 1.30 bits per heavy atom. The van der Waals surface area contributed by atoms with E-state index >= 15 is 0 Å². The van der Waals surface area contributed by atoms with Gasteiger partial charge in [-0.1, -0.05) is 11.6 Å². The number of morpholine rings is 1. The lowest BCUT2D eigenvalue weighted by Crippen LogP contribution is -2.44. The smallest absolute Gasteiger partial charge is 0.167 e. The van der Waals surface area contributed by atoms with Crippen LogP contribution in [0.1, 0.15) is 19.8 Å². The summed E-state index contributed by atoms with van der Waals surface area (Å²) in [6.07, 6.45) is 3.59. The van der Waals surface area contributed by atoms with Crippen LogP contribution in [0.25, 0.3) is 22.4 Å². The Hall–Kier alpha value is -2.23. The standard InChI is InChI=1S/C20H23ClN6O2S/c1-13-12-29-7-6-27(13)18-11-17(26-30(28)8-2-3-9-30)24-20(25-18)14-4-5-22-19-15(14)10-16(21)23-19/h4-5,10-11,13H,2-3,6-9,12H2,1H3,(H,22,23)/t13-/m1/s1. The molecule has 10 heteroatoms. The number of hydrogen-bond donors (Lipinski definition) is 1. The van der Waals surface area contributed by atoms with Gasteiger partial charge < -0.3 is 14.6 Å². The van der Waals surface area contributed by atoms with E-state index in [0.29, 0.717) is 47.2 Å². The van der Waals surface area contributed by atoms with Crippen LogP contribution in [-0.4, -0.2) is 61.5 Å². The molecule has 1 atom stereocenters. The van der Waals surface area contributed by atoms with Gasteiger partial charge in [-0.15, -0.1) is 0 Å². The van der Waals surface area contributed by atoms with Gasteiger partial charge in [0.2, 0.25) is 0 Å². The molecule has 0 aliphatic carbocycles. The second-order valence-corrected chi connectivity index (χ2v) is 10.7. The zero-order chi connectivity index (χ0) is 20.7. The number of fused-ring (bicyclic) bond motifs is 1. The summed E-state index contributed by atoms with van der Waals surface area (Å²) in [7, 11) is -2.25. The monoisotopic (exact) mass is 446 g/mol. The first-order valence-electron chi connectivity index (χ1n) is 10.1. The zero-order valence-corrected chi connectivity index (χ0v) is 18.2. The van der Waals surface area contributed by atoms with Crippen LogP contribution >= 0.6 is 11.6 Å². The Labute approximate surface area is 180 Å². The summed E-state index contributed by atoms with van der Waals surface area (Å²) in [4.78, 5) is 19.1. The van der Waals surface area contributed by atoms with Gasteiger partial charge in [0.25, 0.3) is 0 Å². The molecule has 0 spiro atoms. The summed E-state index contributed by atoms with van der Waals surface area (Å²) in [5.74, 6) is 3.01. The van der Waals surface area contributed by atoms with Gasteiger partial charge in [-0.05, 0) is 31.9 Å². The first-order chi connectivity index (χ1) is 14.5. The minimum absolute atomic E-state index is 0.175. The molecule has 0 amide bonds. The van der Waals surface area contributed by atoms with Gasteiger partial charge in [-0.2, -0.15) is 4.36 Å². The number of aromatic nitrogens is 4. The van der Waals surface area contributed by atoms with Crippen molar-refractivity contribution in [3.63, 3.8) is 0 Å². The number of hydrogen-bond acceptors (Lipinski definition) is 7. The molecule has 158 valence electrons. The number of anilines is 1. The molecule has 0 radical (unpaired) electrons. The van der Waals surface area contributed by atoms with Crippen LogP contribution in [0.4, 0.5) is 11.6 Å². The third-order valence-corrected chi connectivity index (χ3v) is 8.11. The topological polar surface area (TPSA) is 96.4 Å². The molecule has 5 heterocycles. The number of aromatic amines is 1. The third-order valence-electron chi connectivity index (χ3n) is 5.54. The Balaban J connectivity index is 1.69. The SMILES string of the molecule is C[C@@H]1COCCN1c1cc(N=S2(=O)CCCC2)nc(-c2ccnc3[nH]c(Cl)cc23)n1. The van der Waals surface area contributed by atoms with Gasteiger partial charge in [-0.3, -0.25) is 0 Å². The summed E-state index contributed by atoms with van der Waals surface area (Å²) < 4.78 is 23.3. The molecule has 0 unspecified atom stereocenters. The number of pyridine rings is 1. The fourth-order valence-corrected chi connectivity index (χ4v) is 6.34. The maximum absolute atomic E-state index is 13.1. The lowest BCUT2D eigenvalue weighted by atomic mass is 10.1. The average Bonchev–Trinajstić information content (AvgIpc) is 3.32. The van der Waals surface area contributed by atoms with Crippen molar-refractivity contribution >= 4 is 44.0 Å². The summed E-state index contributed by atoms with van der Waals surface area (Å²) in [6.45, 7) is 4.11. The molecule has 3 aromatic heterocycles. The van der Waals surface area contributed by atoms with Crippen LogP contribution in [0.2, 0.25) is 5.15 Å². The Kier molecular flexibility index (Phi) is 5.12. The van der Waals surface area contributed by atoms with Crippen LogP contribution in [0, 0.1) is 0 Å². The van der Waals surface area contributed by atoms with Crippen molar-refractivity contribution in [2.45, 2.75) is 25.8 Å². The molecule has 0 aromatic carbocycles. The molecule has 2 saturated heterocycles. The Bertz CT molecular complexity index is 1210. The highest BCUT2D eigenvalue weighted by Crippen LogP contribution is 2.32. The Morgan fingerprint density at radius 3 is 2.93 bits per heavy atom. The highest BCUT2D eigenvalue weighted by atomic mass is 35.5. The van der Waals surface area contributed by atoms with Gasteiger partial charge in [-0.25, -0.2) is 19.2 Å². The molecule has 0 saturated carbocycles. The molecule has 8 nitrogen and oxygen atoms in total. The summed E-state index contributed by atoms with van der Waals surface area (Å²) >= 11 is 6.16. The lowest BCUT2D eigenvalue weighted by molar-refractivity contribution is 0.0985. The largest absolute Gasteiger partial charge is 0.377 e. The van der Waals surface area contributed by atoms with Crippen molar-refractivity contribution in [2.24, 2.45) is 4.36 Å². The van der Waals surface area contributed by atoms with Gasteiger partial charge in [0.05, 0.1) is 29.0 Å². The van der Waals surface area contributed by atoms with Crippen molar-refractivity contribution in [2.75, 3.05) is 36.2 Å². The minimum Gasteiger partial charge on any atom is -0.377 e. The van der Waals surface area contributed by atoms with E-state index in [4.69, 9.17) is 26.3 Å². The second kappa shape index (κ2) is 7.79. The molecule has 2 aliphatic rings. The molecule has 5 rings (SSSR count). The first kappa shape index (κ1) is 19.7. The van der Waals surface area contributed by atoms with Gasteiger partial charge in [0.1, 0.15) is 16.6 Å². The van der Waals surface area contributed by atoms with Crippen LogP contribution in [0.15, 0.2) is 28.8 Å². The van der Waals surface area contributed by atoms with E-state index in [2.05, 4.69) is 26.2 Å². The lowest BCUT2D eigenvalue weighted by Gasteiger charge is -2.34. The number of rotatable bonds is 3. The number of ether oxygens (including phenoxy) is 1. The zero-order valence-electron chi connectivity index (χ0n) is 16.7. The molecule has 3 aromatic rings. The minimum atomic E-state index is -2.25. The number of nitrogens with one attached hydrogen (secondary N) is 1. The van der Waals surface area contributed by atoms with E-state index in [-0.39, 0.29) is 6.04 Å². The van der Waals surface area contributed by atoms with Gasteiger partial charge >= 0.3 is 0 Å². The Morgan fingerprint density at radius 2 is 2.13 bits per heavy atom. The van der Waals surface area contributed by atoms with E-state index in [0.717, 1.165) is 36.2 Å². The van der Waals surface area contributed by atoms with Crippen molar-refractivity contribution in [3.05, 3.63) is 29.5 Å². The molecule has 0 bridgehead atoms. The highest BCUT2D eigenvalue weighted by Gasteiger charge is 2.23. The molecular formula is C20H23ClN6O2S. The van der Waals surface area contributed by atoms with Gasteiger partial charge in [0.15, 0.2) is 11.6 Å². The number of H-pyrrole nitrogens is 1. The van der Waals surface area contributed by atoms with E-state index < -0.39 is 9.73 Å². The molecular weight excluding hydrogens is 424 g/mol. The highest BCUT2D eigenvalue weighted by molar-refractivity contribution is 7.93. The number of halogens is 1. The molecule has 2 aliphatic heterocycles. The maximum Gasteiger partial charge on any atom is 0.167 e. The van der Waals surface area contributed by atoms with Crippen LogP contribution < -0.4 is 4.90 Å².